The Balaban J connectivity index is 1.93. The molecule has 5 nitrogen and oxygen atoms in total. The predicted molar refractivity (Wildman–Crippen MR) is 99.2 cm³/mol. The third-order valence-corrected chi connectivity index (χ3v) is 6.33. The van der Waals surface area contributed by atoms with Crippen LogP contribution in [0.5, 0.6) is 0 Å². The van der Waals surface area contributed by atoms with Crippen molar-refractivity contribution in [3.63, 3.8) is 0 Å². The Morgan fingerprint density at radius 1 is 1.08 bits per heavy atom. The van der Waals surface area contributed by atoms with Crippen molar-refractivity contribution in [2.24, 2.45) is 5.92 Å². The molecule has 0 unspecified atom stereocenters. The van der Waals surface area contributed by atoms with Crippen molar-refractivity contribution in [3.8, 4) is 0 Å². The number of sulfonamides is 1. The van der Waals surface area contributed by atoms with E-state index >= 15 is 0 Å². The molecule has 0 heterocycles. The van der Waals surface area contributed by atoms with E-state index in [9.17, 15) is 13.2 Å². The second-order valence-electron chi connectivity index (χ2n) is 6.61. The van der Waals surface area contributed by atoms with Crippen molar-refractivity contribution in [3.05, 3.63) is 65.2 Å². The van der Waals surface area contributed by atoms with Crippen LogP contribution in [-0.2, 0) is 32.4 Å². The van der Waals surface area contributed by atoms with Crippen molar-refractivity contribution in [1.29, 1.82) is 0 Å². The van der Waals surface area contributed by atoms with Crippen LogP contribution in [0.4, 0.5) is 0 Å². The summed E-state index contributed by atoms with van der Waals surface area (Å²) in [4.78, 5) is 12.3. The zero-order chi connectivity index (χ0) is 18.7. The number of nitrogens with one attached hydrogen (secondary N) is 1. The molecule has 0 radical (unpaired) electrons. The van der Waals surface area contributed by atoms with Gasteiger partial charge >= 0.3 is 5.97 Å². The predicted octanol–water partition coefficient (Wildman–Crippen LogP) is 3.00. The minimum Gasteiger partial charge on any atom is -0.469 e. The summed E-state index contributed by atoms with van der Waals surface area (Å²) in [5, 5.41) is 0. The monoisotopic (exact) mass is 373 g/mol. The lowest BCUT2D eigenvalue weighted by Gasteiger charge is -2.24. The van der Waals surface area contributed by atoms with Gasteiger partial charge in [0.25, 0.3) is 0 Å². The van der Waals surface area contributed by atoms with Crippen molar-refractivity contribution in [1.82, 2.24) is 4.72 Å². The first-order valence-corrected chi connectivity index (χ1v) is 10.2. The molecule has 1 aliphatic rings. The first-order chi connectivity index (χ1) is 12.4. The maximum atomic E-state index is 13.0. The van der Waals surface area contributed by atoms with Crippen molar-refractivity contribution in [2.75, 3.05) is 7.11 Å². The van der Waals surface area contributed by atoms with Crippen LogP contribution >= 0.6 is 0 Å². The van der Waals surface area contributed by atoms with Gasteiger partial charge in [-0.2, -0.15) is 0 Å². The molecular formula is C20H23NO4S. The van der Waals surface area contributed by atoms with E-state index in [0.29, 0.717) is 0 Å². The van der Waals surface area contributed by atoms with E-state index in [4.69, 9.17) is 4.74 Å². The van der Waals surface area contributed by atoms with E-state index in [-0.39, 0.29) is 4.90 Å². The largest absolute Gasteiger partial charge is 0.469 e. The van der Waals surface area contributed by atoms with Crippen LogP contribution in [-0.4, -0.2) is 21.5 Å². The van der Waals surface area contributed by atoms with Gasteiger partial charge in [0, 0.05) is 0 Å². The van der Waals surface area contributed by atoms with Gasteiger partial charge in [-0.3, -0.25) is 4.79 Å². The van der Waals surface area contributed by atoms with Crippen LogP contribution in [0.3, 0.4) is 0 Å². The van der Waals surface area contributed by atoms with E-state index < -0.39 is 28.0 Å². The maximum absolute atomic E-state index is 13.0. The Hall–Kier alpha value is -2.18. The molecule has 0 fully saturated rings. The van der Waals surface area contributed by atoms with Gasteiger partial charge in [-0.15, -0.1) is 0 Å². The number of fused-ring (bicyclic) bond motifs is 1. The lowest BCUT2D eigenvalue weighted by Crippen LogP contribution is -2.36. The summed E-state index contributed by atoms with van der Waals surface area (Å²) in [5.41, 5.74) is 3.02. The summed E-state index contributed by atoms with van der Waals surface area (Å²) in [6.07, 6.45) is 2.95. The minimum atomic E-state index is -3.77. The van der Waals surface area contributed by atoms with Gasteiger partial charge in [-0.05, 0) is 48.1 Å². The van der Waals surface area contributed by atoms with Crippen LogP contribution < -0.4 is 4.72 Å². The van der Waals surface area contributed by atoms with Crippen LogP contribution in [0.2, 0.25) is 0 Å². The van der Waals surface area contributed by atoms with E-state index in [0.717, 1.165) is 30.4 Å². The average molecular weight is 373 g/mol. The third kappa shape index (κ3) is 3.81. The Kier molecular flexibility index (Phi) is 5.44. The molecule has 0 saturated heterocycles. The van der Waals surface area contributed by atoms with Crippen molar-refractivity contribution < 1.29 is 17.9 Å². The molecule has 0 amide bonds. The van der Waals surface area contributed by atoms with Crippen LogP contribution in [0, 0.1) is 5.92 Å². The Morgan fingerprint density at radius 3 is 2.46 bits per heavy atom. The number of methoxy groups -OCH3 is 1. The number of ether oxygens (including phenoxy) is 1. The molecule has 3 rings (SSSR count). The van der Waals surface area contributed by atoms with Gasteiger partial charge < -0.3 is 4.74 Å². The lowest BCUT2D eigenvalue weighted by molar-refractivity contribution is -0.145. The molecule has 0 saturated carbocycles. The number of rotatable bonds is 6. The van der Waals surface area contributed by atoms with E-state index in [1.54, 1.807) is 31.2 Å². The summed E-state index contributed by atoms with van der Waals surface area (Å²) in [7, 11) is -2.47. The first kappa shape index (κ1) is 18.6. The number of carbonyl (C=O) groups excluding carboxylic acids is 1. The lowest BCUT2D eigenvalue weighted by atomic mass is 9.95. The van der Waals surface area contributed by atoms with E-state index in [2.05, 4.69) is 4.72 Å². The number of esters is 1. The van der Waals surface area contributed by atoms with Crippen LogP contribution in [0.15, 0.2) is 53.4 Å². The Morgan fingerprint density at radius 2 is 1.77 bits per heavy atom. The summed E-state index contributed by atoms with van der Waals surface area (Å²) in [5.74, 6) is -1.12. The molecule has 2 atom stereocenters. The first-order valence-electron chi connectivity index (χ1n) is 8.69. The Bertz CT molecular complexity index is 893. The normalized spacial score (nSPS) is 15.9. The minimum absolute atomic E-state index is 0.233. The quantitative estimate of drug-likeness (QED) is 0.790. The molecule has 0 spiro atoms. The molecule has 1 aliphatic carbocycles. The molecule has 26 heavy (non-hydrogen) atoms. The molecule has 0 aromatic heterocycles. The smallest absolute Gasteiger partial charge is 0.310 e. The van der Waals surface area contributed by atoms with Crippen molar-refractivity contribution in [2.45, 2.75) is 37.1 Å². The number of aryl methyl sites for hydroxylation is 2. The standard InChI is InChI=1S/C20H23NO4S/c1-14(20(22)25-2)19(16-7-4-3-5-8-16)21-26(23,24)18-12-11-15-9-6-10-17(15)13-18/h3-5,7-8,11-14,19,21H,6,9-10H2,1-2H3/t14-,19-/m1/s1. The van der Waals surface area contributed by atoms with E-state index in [1.807, 2.05) is 24.3 Å². The van der Waals surface area contributed by atoms with Gasteiger partial charge in [0.1, 0.15) is 0 Å². The summed E-state index contributed by atoms with van der Waals surface area (Å²) in [6, 6.07) is 13.6. The highest BCUT2D eigenvalue weighted by Crippen LogP contribution is 2.28. The van der Waals surface area contributed by atoms with Gasteiger partial charge in [-0.1, -0.05) is 43.3 Å². The fourth-order valence-corrected chi connectivity index (χ4v) is 4.75. The zero-order valence-electron chi connectivity index (χ0n) is 14.9. The molecule has 0 bridgehead atoms. The summed E-state index contributed by atoms with van der Waals surface area (Å²) < 4.78 is 33.5. The number of hydrogen-bond donors (Lipinski definition) is 1. The van der Waals surface area contributed by atoms with Gasteiger partial charge in [0.15, 0.2) is 0 Å². The summed E-state index contributed by atoms with van der Waals surface area (Å²) >= 11 is 0. The SMILES string of the molecule is COC(=O)[C@H](C)[C@@H](NS(=O)(=O)c1ccc2c(c1)CCC2)c1ccccc1. The number of benzene rings is 2. The molecule has 6 heteroatoms. The fraction of sp³-hybridized carbons (Fsp3) is 0.350. The second kappa shape index (κ2) is 7.60. The van der Waals surface area contributed by atoms with Gasteiger partial charge in [0.2, 0.25) is 10.0 Å². The highest BCUT2D eigenvalue weighted by molar-refractivity contribution is 7.89. The molecular weight excluding hydrogens is 350 g/mol. The van der Waals surface area contributed by atoms with Crippen molar-refractivity contribution >= 4 is 16.0 Å². The maximum Gasteiger partial charge on any atom is 0.310 e. The number of hydrogen-bond acceptors (Lipinski definition) is 4. The molecule has 2 aromatic rings. The van der Waals surface area contributed by atoms with Crippen LogP contribution in [0.25, 0.3) is 0 Å². The Labute approximate surface area is 154 Å². The molecule has 138 valence electrons. The second-order valence-corrected chi connectivity index (χ2v) is 8.32. The number of carbonyl (C=O) groups is 1. The molecule has 0 aliphatic heterocycles. The van der Waals surface area contributed by atoms with Gasteiger partial charge in [-0.25, -0.2) is 13.1 Å². The third-order valence-electron chi connectivity index (χ3n) is 4.89. The van der Waals surface area contributed by atoms with E-state index in [1.165, 1.54) is 12.7 Å². The van der Waals surface area contributed by atoms with Gasteiger partial charge in [0.05, 0.1) is 24.0 Å². The summed E-state index contributed by atoms with van der Waals surface area (Å²) in [6.45, 7) is 1.66. The zero-order valence-corrected chi connectivity index (χ0v) is 15.8. The highest BCUT2D eigenvalue weighted by Gasteiger charge is 2.31. The molecule has 2 aromatic carbocycles. The molecule has 1 N–H and O–H groups in total. The highest BCUT2D eigenvalue weighted by atomic mass is 32.2. The topological polar surface area (TPSA) is 72.5 Å². The average Bonchev–Trinajstić information content (AvgIpc) is 3.13. The fourth-order valence-electron chi connectivity index (χ4n) is 3.39. The van der Waals surface area contributed by atoms with Crippen LogP contribution in [0.1, 0.15) is 36.1 Å².